The lowest BCUT2D eigenvalue weighted by molar-refractivity contribution is 0.0592. The summed E-state index contributed by atoms with van der Waals surface area (Å²) in [6.45, 7) is 0. The zero-order chi connectivity index (χ0) is 8.27. The lowest BCUT2D eigenvalue weighted by atomic mass is 10.3. The fraction of sp³-hybridized carbons (Fsp3) is 0.143. The van der Waals surface area contributed by atoms with E-state index in [0.717, 1.165) is 0 Å². The molecule has 1 N–H and O–H groups in total. The van der Waals surface area contributed by atoms with Crippen molar-refractivity contribution in [2.45, 2.75) is 0 Å². The molecule has 1 aromatic heterocycles. The molecule has 0 radical (unpaired) electrons. The van der Waals surface area contributed by atoms with E-state index in [0.29, 0.717) is 11.8 Å². The first-order chi connectivity index (χ1) is 5.29. The Bertz CT molecular complexity index is 277. The highest BCUT2D eigenvalue weighted by molar-refractivity contribution is 5.96. The number of aldehydes is 1. The number of nitrogens with one attached hydrogen (secondary N) is 1. The van der Waals surface area contributed by atoms with Gasteiger partial charge in [0.15, 0.2) is 6.29 Å². The first-order valence-electron chi connectivity index (χ1n) is 3.00. The van der Waals surface area contributed by atoms with Crippen LogP contribution in [-0.2, 0) is 4.74 Å². The van der Waals surface area contributed by atoms with Gasteiger partial charge in [-0.05, 0) is 6.07 Å². The molecule has 58 valence electrons. The third-order valence-electron chi connectivity index (χ3n) is 1.30. The molecule has 0 aliphatic carbocycles. The van der Waals surface area contributed by atoms with Crippen molar-refractivity contribution in [2.75, 3.05) is 7.11 Å². The zero-order valence-electron chi connectivity index (χ0n) is 5.96. The van der Waals surface area contributed by atoms with Crippen LogP contribution in [0.5, 0.6) is 0 Å². The summed E-state index contributed by atoms with van der Waals surface area (Å²) in [6, 6.07) is 1.51. The molecule has 1 aromatic rings. The summed E-state index contributed by atoms with van der Waals surface area (Å²) < 4.78 is 4.41. The average molecular weight is 153 g/mol. The Hall–Kier alpha value is -1.58. The summed E-state index contributed by atoms with van der Waals surface area (Å²) in [5, 5.41) is 0. The van der Waals surface area contributed by atoms with Crippen molar-refractivity contribution in [3.8, 4) is 0 Å². The molecule has 11 heavy (non-hydrogen) atoms. The second-order valence-corrected chi connectivity index (χ2v) is 1.92. The minimum Gasteiger partial charge on any atom is -0.464 e. The van der Waals surface area contributed by atoms with Gasteiger partial charge in [-0.25, -0.2) is 4.79 Å². The van der Waals surface area contributed by atoms with Crippen molar-refractivity contribution in [1.82, 2.24) is 4.98 Å². The smallest absolute Gasteiger partial charge is 0.355 e. The molecule has 4 nitrogen and oxygen atoms in total. The van der Waals surface area contributed by atoms with Crippen LogP contribution in [0.15, 0.2) is 12.3 Å². The predicted octanol–water partition coefficient (Wildman–Crippen LogP) is 0.614. The Balaban J connectivity index is 3.01. The largest absolute Gasteiger partial charge is 0.464 e. The van der Waals surface area contributed by atoms with Crippen molar-refractivity contribution in [3.63, 3.8) is 0 Å². The first-order valence-corrected chi connectivity index (χ1v) is 3.00. The second kappa shape index (κ2) is 3.01. The molecule has 4 heteroatoms. The summed E-state index contributed by atoms with van der Waals surface area (Å²) in [5.74, 6) is -0.530. The third kappa shape index (κ3) is 1.29. The number of aromatic nitrogens is 1. The highest BCUT2D eigenvalue weighted by Gasteiger charge is 2.11. The molecule has 0 saturated heterocycles. The van der Waals surface area contributed by atoms with Crippen LogP contribution < -0.4 is 0 Å². The van der Waals surface area contributed by atoms with Crippen LogP contribution in [0.1, 0.15) is 20.8 Å². The first kappa shape index (κ1) is 7.53. The van der Waals surface area contributed by atoms with Gasteiger partial charge in [-0.2, -0.15) is 0 Å². The fourth-order valence-corrected chi connectivity index (χ4v) is 0.758. The Morgan fingerprint density at radius 3 is 3.00 bits per heavy atom. The molecule has 1 rings (SSSR count). The van der Waals surface area contributed by atoms with Gasteiger partial charge in [-0.1, -0.05) is 0 Å². The molecular weight excluding hydrogens is 146 g/mol. The lowest BCUT2D eigenvalue weighted by Gasteiger charge is -1.94. The summed E-state index contributed by atoms with van der Waals surface area (Å²) in [4.78, 5) is 23.7. The van der Waals surface area contributed by atoms with Crippen LogP contribution in [0.25, 0.3) is 0 Å². The van der Waals surface area contributed by atoms with Gasteiger partial charge in [-0.3, -0.25) is 4.79 Å². The summed E-state index contributed by atoms with van der Waals surface area (Å²) in [6.07, 6.45) is 2.11. The number of H-pyrrole nitrogens is 1. The van der Waals surface area contributed by atoms with E-state index in [-0.39, 0.29) is 5.69 Å². The summed E-state index contributed by atoms with van der Waals surface area (Å²) in [5.41, 5.74) is 0.513. The standard InChI is InChI=1S/C7H7NO3/c1-11-7(10)6-5(4-9)2-3-8-6/h2-4,8H,1H3. The number of ether oxygens (including phenoxy) is 1. The third-order valence-corrected chi connectivity index (χ3v) is 1.30. The van der Waals surface area contributed by atoms with Crippen molar-refractivity contribution in [1.29, 1.82) is 0 Å². The van der Waals surface area contributed by atoms with E-state index in [1.165, 1.54) is 19.4 Å². The van der Waals surface area contributed by atoms with Gasteiger partial charge in [0.25, 0.3) is 0 Å². The van der Waals surface area contributed by atoms with Crippen LogP contribution in [0, 0.1) is 0 Å². The Morgan fingerprint density at radius 2 is 2.45 bits per heavy atom. The molecule has 0 fully saturated rings. The molecule has 0 amide bonds. The van der Waals surface area contributed by atoms with Gasteiger partial charge in [0, 0.05) is 11.8 Å². The molecule has 0 unspecified atom stereocenters. The molecule has 1 heterocycles. The zero-order valence-corrected chi connectivity index (χ0v) is 5.96. The Kier molecular flexibility index (Phi) is 2.06. The van der Waals surface area contributed by atoms with Crippen molar-refractivity contribution in [3.05, 3.63) is 23.5 Å². The number of aromatic amines is 1. The summed E-state index contributed by atoms with van der Waals surface area (Å²) in [7, 11) is 1.26. The van der Waals surface area contributed by atoms with E-state index < -0.39 is 5.97 Å². The van der Waals surface area contributed by atoms with Crippen LogP contribution in [0.4, 0.5) is 0 Å². The SMILES string of the molecule is COC(=O)c1[nH]ccc1C=O. The maximum absolute atomic E-state index is 10.8. The molecule has 0 atom stereocenters. The Labute approximate surface area is 63.2 Å². The number of hydrogen-bond acceptors (Lipinski definition) is 3. The predicted molar refractivity (Wildman–Crippen MR) is 37.5 cm³/mol. The minimum atomic E-state index is -0.530. The monoisotopic (exact) mass is 153 g/mol. The maximum atomic E-state index is 10.8. The quantitative estimate of drug-likeness (QED) is 0.500. The van der Waals surface area contributed by atoms with Gasteiger partial charge < -0.3 is 9.72 Å². The normalized spacial score (nSPS) is 9.18. The molecular formula is C7H7NO3. The fourth-order valence-electron chi connectivity index (χ4n) is 0.758. The highest BCUT2D eigenvalue weighted by Crippen LogP contribution is 2.04. The number of esters is 1. The van der Waals surface area contributed by atoms with E-state index in [2.05, 4.69) is 9.72 Å². The van der Waals surface area contributed by atoms with Crippen LogP contribution in [-0.4, -0.2) is 24.3 Å². The molecule has 0 aliphatic rings. The van der Waals surface area contributed by atoms with Gasteiger partial charge in [0.05, 0.1) is 7.11 Å². The summed E-state index contributed by atoms with van der Waals surface area (Å²) >= 11 is 0. The van der Waals surface area contributed by atoms with Crippen LogP contribution in [0.3, 0.4) is 0 Å². The number of carbonyl (C=O) groups excluding carboxylic acids is 2. The van der Waals surface area contributed by atoms with Gasteiger partial charge in [-0.15, -0.1) is 0 Å². The van der Waals surface area contributed by atoms with Gasteiger partial charge >= 0.3 is 5.97 Å². The molecule has 0 spiro atoms. The molecule has 0 aromatic carbocycles. The van der Waals surface area contributed by atoms with Gasteiger partial charge in [0.1, 0.15) is 5.69 Å². The number of carbonyl (C=O) groups is 2. The maximum Gasteiger partial charge on any atom is 0.355 e. The molecule has 0 bridgehead atoms. The number of methoxy groups -OCH3 is 1. The molecule has 0 saturated carbocycles. The van der Waals surface area contributed by atoms with E-state index in [4.69, 9.17) is 0 Å². The topological polar surface area (TPSA) is 59.2 Å². The minimum absolute atomic E-state index is 0.197. The molecule has 0 aliphatic heterocycles. The lowest BCUT2D eigenvalue weighted by Crippen LogP contribution is -2.04. The van der Waals surface area contributed by atoms with E-state index >= 15 is 0 Å². The highest BCUT2D eigenvalue weighted by atomic mass is 16.5. The van der Waals surface area contributed by atoms with Crippen molar-refractivity contribution in [2.24, 2.45) is 0 Å². The van der Waals surface area contributed by atoms with Crippen molar-refractivity contribution < 1.29 is 14.3 Å². The van der Waals surface area contributed by atoms with Crippen molar-refractivity contribution >= 4 is 12.3 Å². The van der Waals surface area contributed by atoms with Gasteiger partial charge in [0.2, 0.25) is 0 Å². The second-order valence-electron chi connectivity index (χ2n) is 1.92. The number of rotatable bonds is 2. The average Bonchev–Trinajstić information content (AvgIpc) is 2.50. The van der Waals surface area contributed by atoms with E-state index in [9.17, 15) is 9.59 Å². The number of hydrogen-bond donors (Lipinski definition) is 1. The van der Waals surface area contributed by atoms with E-state index in [1.54, 1.807) is 0 Å². The van der Waals surface area contributed by atoms with Crippen LogP contribution >= 0.6 is 0 Å². The Morgan fingerprint density at radius 1 is 1.73 bits per heavy atom. The van der Waals surface area contributed by atoms with E-state index in [1.807, 2.05) is 0 Å². The van der Waals surface area contributed by atoms with Crippen LogP contribution in [0.2, 0.25) is 0 Å².